The van der Waals surface area contributed by atoms with Crippen LogP contribution in [0.2, 0.25) is 0 Å². The summed E-state index contributed by atoms with van der Waals surface area (Å²) in [4.78, 5) is 17.8. The van der Waals surface area contributed by atoms with Gasteiger partial charge in [0.2, 0.25) is 0 Å². The Hall–Kier alpha value is -2.60. The van der Waals surface area contributed by atoms with Gasteiger partial charge in [0.1, 0.15) is 16.9 Å². The molecule has 0 saturated heterocycles. The first-order valence-corrected chi connectivity index (χ1v) is 9.10. The van der Waals surface area contributed by atoms with Gasteiger partial charge < -0.3 is 4.57 Å². The molecule has 4 aromatic rings. The first-order chi connectivity index (χ1) is 12.2. The third kappa shape index (κ3) is 2.21. The van der Waals surface area contributed by atoms with Gasteiger partial charge in [-0.05, 0) is 23.8 Å². The summed E-state index contributed by atoms with van der Waals surface area (Å²) in [6, 6.07) is 14.4. The van der Waals surface area contributed by atoms with E-state index in [1.165, 1.54) is 12.1 Å². The van der Waals surface area contributed by atoms with E-state index in [2.05, 4.69) is 0 Å². The SMILES string of the molecule is O=c1c2c(nc3n1CCS3)c1ccccc1n2Cc1cccc(F)c1. The van der Waals surface area contributed by atoms with Gasteiger partial charge in [-0.2, -0.15) is 0 Å². The number of thioether (sulfide) groups is 1. The molecule has 0 amide bonds. The van der Waals surface area contributed by atoms with Crippen LogP contribution in [-0.2, 0) is 13.1 Å². The van der Waals surface area contributed by atoms with Crippen LogP contribution < -0.4 is 5.56 Å². The zero-order chi connectivity index (χ0) is 17.0. The van der Waals surface area contributed by atoms with Crippen LogP contribution in [0.3, 0.4) is 0 Å². The lowest BCUT2D eigenvalue weighted by Gasteiger charge is -2.08. The molecule has 4 nitrogen and oxygen atoms in total. The summed E-state index contributed by atoms with van der Waals surface area (Å²) in [5.41, 5.74) is 3.08. The first-order valence-electron chi connectivity index (χ1n) is 8.11. The molecule has 0 N–H and O–H groups in total. The summed E-state index contributed by atoms with van der Waals surface area (Å²) in [7, 11) is 0. The van der Waals surface area contributed by atoms with Crippen LogP contribution in [0.25, 0.3) is 21.9 Å². The van der Waals surface area contributed by atoms with Gasteiger partial charge in [-0.15, -0.1) is 0 Å². The van der Waals surface area contributed by atoms with E-state index in [-0.39, 0.29) is 11.4 Å². The molecule has 1 aliphatic rings. The monoisotopic (exact) mass is 351 g/mol. The molecule has 2 aromatic heterocycles. The summed E-state index contributed by atoms with van der Waals surface area (Å²) in [6.45, 7) is 1.12. The van der Waals surface area contributed by atoms with Crippen LogP contribution in [-0.4, -0.2) is 19.9 Å². The second kappa shape index (κ2) is 5.46. The third-order valence-corrected chi connectivity index (χ3v) is 5.56. The Morgan fingerprint density at radius 2 is 2.04 bits per heavy atom. The van der Waals surface area contributed by atoms with Gasteiger partial charge in [-0.1, -0.05) is 42.1 Å². The smallest absolute Gasteiger partial charge is 0.278 e. The number of aromatic nitrogens is 3. The van der Waals surface area contributed by atoms with Gasteiger partial charge in [-0.25, -0.2) is 9.37 Å². The fraction of sp³-hybridized carbons (Fsp3) is 0.158. The second-order valence-corrected chi connectivity index (χ2v) is 7.19. The van der Waals surface area contributed by atoms with E-state index < -0.39 is 0 Å². The van der Waals surface area contributed by atoms with Crippen LogP contribution in [0.1, 0.15) is 5.56 Å². The van der Waals surface area contributed by atoms with Gasteiger partial charge in [0.25, 0.3) is 5.56 Å². The summed E-state index contributed by atoms with van der Waals surface area (Å²) < 4.78 is 17.3. The molecule has 124 valence electrons. The predicted octanol–water partition coefficient (Wildman–Crippen LogP) is 3.64. The van der Waals surface area contributed by atoms with Gasteiger partial charge in [-0.3, -0.25) is 9.36 Å². The molecule has 2 aromatic carbocycles. The molecule has 25 heavy (non-hydrogen) atoms. The standard InChI is InChI=1S/C19H14FN3OS/c20-13-5-3-4-12(10-13)11-23-15-7-2-1-6-14(15)16-17(23)18(24)22-8-9-25-19(22)21-16/h1-7,10H,8-9,11H2. The minimum Gasteiger partial charge on any atom is -0.330 e. The Bertz CT molecular complexity index is 1190. The van der Waals surface area contributed by atoms with E-state index in [0.717, 1.165) is 32.9 Å². The maximum absolute atomic E-state index is 13.6. The molecular formula is C19H14FN3OS. The van der Waals surface area contributed by atoms with Gasteiger partial charge in [0.15, 0.2) is 5.16 Å². The number of halogens is 1. The maximum Gasteiger partial charge on any atom is 0.278 e. The largest absolute Gasteiger partial charge is 0.330 e. The lowest BCUT2D eigenvalue weighted by molar-refractivity contribution is 0.624. The quantitative estimate of drug-likeness (QED) is 0.518. The van der Waals surface area contributed by atoms with Crippen LogP contribution >= 0.6 is 11.8 Å². The molecule has 0 radical (unpaired) electrons. The van der Waals surface area contributed by atoms with Crippen molar-refractivity contribution in [2.75, 3.05) is 5.75 Å². The first kappa shape index (κ1) is 14.7. The molecule has 5 rings (SSSR count). The van der Waals surface area contributed by atoms with E-state index in [4.69, 9.17) is 4.98 Å². The zero-order valence-electron chi connectivity index (χ0n) is 13.3. The number of hydrogen-bond donors (Lipinski definition) is 0. The van der Waals surface area contributed by atoms with Crippen LogP contribution in [0.4, 0.5) is 4.39 Å². The van der Waals surface area contributed by atoms with Gasteiger partial charge >= 0.3 is 0 Å². The van der Waals surface area contributed by atoms with E-state index in [0.29, 0.717) is 18.6 Å². The molecule has 0 aliphatic carbocycles. The maximum atomic E-state index is 13.6. The highest BCUT2D eigenvalue weighted by Crippen LogP contribution is 2.30. The topological polar surface area (TPSA) is 39.8 Å². The Morgan fingerprint density at radius 1 is 1.16 bits per heavy atom. The average Bonchev–Trinajstić information content (AvgIpc) is 3.20. The molecule has 0 spiro atoms. The van der Waals surface area contributed by atoms with Crippen molar-refractivity contribution >= 4 is 33.7 Å². The fourth-order valence-electron chi connectivity index (χ4n) is 3.50. The number of hydrogen-bond acceptors (Lipinski definition) is 3. The van der Waals surface area contributed by atoms with Crippen molar-refractivity contribution in [1.29, 1.82) is 0 Å². The molecule has 0 atom stereocenters. The highest BCUT2D eigenvalue weighted by atomic mass is 32.2. The normalized spacial score (nSPS) is 13.6. The molecule has 3 heterocycles. The molecule has 0 unspecified atom stereocenters. The van der Waals surface area contributed by atoms with Crippen LogP contribution in [0, 0.1) is 5.82 Å². The Morgan fingerprint density at radius 3 is 2.92 bits per heavy atom. The highest BCUT2D eigenvalue weighted by molar-refractivity contribution is 7.99. The highest BCUT2D eigenvalue weighted by Gasteiger charge is 2.22. The second-order valence-electron chi connectivity index (χ2n) is 6.13. The van der Waals surface area contributed by atoms with Crippen molar-refractivity contribution < 1.29 is 4.39 Å². The van der Waals surface area contributed by atoms with Gasteiger partial charge in [0.05, 0.1) is 5.52 Å². The third-order valence-electron chi connectivity index (χ3n) is 4.61. The summed E-state index contributed by atoms with van der Waals surface area (Å²) in [5, 5.41) is 1.74. The molecule has 0 bridgehead atoms. The van der Waals surface area contributed by atoms with E-state index in [1.807, 2.05) is 34.9 Å². The van der Waals surface area contributed by atoms with Crippen molar-refractivity contribution in [1.82, 2.24) is 14.1 Å². The minimum absolute atomic E-state index is 0.0161. The Labute approximate surface area is 146 Å². The number of para-hydroxylation sites is 1. The number of rotatable bonds is 2. The molecule has 0 fully saturated rings. The van der Waals surface area contributed by atoms with E-state index >= 15 is 0 Å². The minimum atomic E-state index is -0.273. The van der Waals surface area contributed by atoms with E-state index in [9.17, 15) is 9.18 Å². The average molecular weight is 351 g/mol. The van der Waals surface area contributed by atoms with Gasteiger partial charge in [0, 0.05) is 24.2 Å². The van der Waals surface area contributed by atoms with Crippen molar-refractivity contribution in [3.8, 4) is 0 Å². The lowest BCUT2D eigenvalue weighted by Crippen LogP contribution is -2.22. The lowest BCUT2D eigenvalue weighted by atomic mass is 10.2. The van der Waals surface area contributed by atoms with E-state index in [1.54, 1.807) is 22.4 Å². The van der Waals surface area contributed by atoms with Crippen molar-refractivity contribution in [2.24, 2.45) is 0 Å². The summed E-state index contributed by atoms with van der Waals surface area (Å²) >= 11 is 1.61. The Balaban J connectivity index is 1.85. The number of nitrogens with zero attached hydrogens (tertiary/aromatic N) is 3. The molecule has 0 saturated carbocycles. The molecular weight excluding hydrogens is 337 g/mol. The predicted molar refractivity (Wildman–Crippen MR) is 97.7 cm³/mol. The van der Waals surface area contributed by atoms with Crippen LogP contribution in [0.5, 0.6) is 0 Å². The summed E-state index contributed by atoms with van der Waals surface area (Å²) in [5.74, 6) is 0.599. The number of fused-ring (bicyclic) bond motifs is 4. The molecule has 1 aliphatic heterocycles. The van der Waals surface area contributed by atoms with Crippen LogP contribution in [0.15, 0.2) is 58.5 Å². The number of benzene rings is 2. The Kier molecular flexibility index (Phi) is 3.21. The van der Waals surface area contributed by atoms with Crippen molar-refractivity contribution in [2.45, 2.75) is 18.2 Å². The van der Waals surface area contributed by atoms with Crippen molar-refractivity contribution in [3.63, 3.8) is 0 Å². The fourth-order valence-corrected chi connectivity index (χ4v) is 4.45. The summed E-state index contributed by atoms with van der Waals surface area (Å²) in [6.07, 6.45) is 0. The molecule has 6 heteroatoms. The zero-order valence-corrected chi connectivity index (χ0v) is 14.1. The van der Waals surface area contributed by atoms with Crippen molar-refractivity contribution in [3.05, 3.63) is 70.3 Å².